The van der Waals surface area contributed by atoms with Gasteiger partial charge in [0.1, 0.15) is 5.76 Å². The van der Waals surface area contributed by atoms with Crippen molar-refractivity contribution in [1.82, 2.24) is 0 Å². The summed E-state index contributed by atoms with van der Waals surface area (Å²) in [6.45, 7) is 2.12. The van der Waals surface area contributed by atoms with Crippen molar-refractivity contribution >= 4 is 11.7 Å². The van der Waals surface area contributed by atoms with Crippen molar-refractivity contribution in [3.8, 4) is 0 Å². The molecule has 2 aromatic rings. The summed E-state index contributed by atoms with van der Waals surface area (Å²) in [7, 11) is 1.38. The van der Waals surface area contributed by atoms with Gasteiger partial charge in [-0.15, -0.1) is 0 Å². The monoisotopic (exact) mass is 273 g/mol. The summed E-state index contributed by atoms with van der Waals surface area (Å²) in [5.41, 5.74) is 1.55. The molecule has 4 heteroatoms. The van der Waals surface area contributed by atoms with Gasteiger partial charge in [-0.05, 0) is 49.7 Å². The summed E-state index contributed by atoms with van der Waals surface area (Å²) in [4.78, 5) is 11.3. The molecule has 1 N–H and O–H groups in total. The maximum atomic E-state index is 11.3. The molecule has 0 saturated carbocycles. The third-order valence-electron chi connectivity index (χ3n) is 3.12. The van der Waals surface area contributed by atoms with Crippen LogP contribution in [0.2, 0.25) is 0 Å². The van der Waals surface area contributed by atoms with Crippen molar-refractivity contribution < 1.29 is 13.9 Å². The SMILES string of the molecule is COC(=O)c1ccc(NC(C)CCc2ccco2)cc1. The minimum Gasteiger partial charge on any atom is -0.469 e. The maximum Gasteiger partial charge on any atom is 0.337 e. The lowest BCUT2D eigenvalue weighted by atomic mass is 10.1. The number of anilines is 1. The first-order valence-electron chi connectivity index (χ1n) is 6.66. The van der Waals surface area contributed by atoms with Crippen LogP contribution >= 0.6 is 0 Å². The number of benzene rings is 1. The fourth-order valence-electron chi connectivity index (χ4n) is 1.99. The average Bonchev–Trinajstić information content (AvgIpc) is 2.98. The first-order valence-corrected chi connectivity index (χ1v) is 6.66. The normalized spacial score (nSPS) is 11.9. The molecule has 20 heavy (non-hydrogen) atoms. The molecule has 0 fully saturated rings. The number of nitrogens with one attached hydrogen (secondary N) is 1. The van der Waals surface area contributed by atoms with Crippen LogP contribution in [0.25, 0.3) is 0 Å². The lowest BCUT2D eigenvalue weighted by Gasteiger charge is -2.14. The molecular formula is C16H19NO3. The Labute approximate surface area is 118 Å². The smallest absolute Gasteiger partial charge is 0.337 e. The Balaban J connectivity index is 1.84. The van der Waals surface area contributed by atoms with Gasteiger partial charge in [-0.2, -0.15) is 0 Å². The van der Waals surface area contributed by atoms with Gasteiger partial charge in [-0.1, -0.05) is 0 Å². The lowest BCUT2D eigenvalue weighted by Crippen LogP contribution is -2.16. The third kappa shape index (κ3) is 3.88. The number of rotatable bonds is 6. The van der Waals surface area contributed by atoms with Crippen molar-refractivity contribution in [2.24, 2.45) is 0 Å². The van der Waals surface area contributed by atoms with Crippen LogP contribution in [0.5, 0.6) is 0 Å². The van der Waals surface area contributed by atoms with E-state index in [1.807, 2.05) is 24.3 Å². The molecule has 106 valence electrons. The van der Waals surface area contributed by atoms with Gasteiger partial charge in [0.2, 0.25) is 0 Å². The molecule has 0 amide bonds. The highest BCUT2D eigenvalue weighted by Crippen LogP contribution is 2.14. The molecule has 0 saturated heterocycles. The van der Waals surface area contributed by atoms with Gasteiger partial charge in [0.25, 0.3) is 0 Å². The molecular weight excluding hydrogens is 254 g/mol. The fraction of sp³-hybridized carbons (Fsp3) is 0.312. The molecule has 1 aromatic carbocycles. The standard InChI is InChI=1S/C16H19NO3/c1-12(5-10-15-4-3-11-20-15)17-14-8-6-13(7-9-14)16(18)19-2/h3-4,6-9,11-12,17H,5,10H2,1-2H3. The van der Waals surface area contributed by atoms with E-state index in [0.29, 0.717) is 11.6 Å². The molecule has 1 atom stereocenters. The van der Waals surface area contributed by atoms with E-state index in [0.717, 1.165) is 24.3 Å². The summed E-state index contributed by atoms with van der Waals surface area (Å²) >= 11 is 0. The maximum absolute atomic E-state index is 11.3. The number of esters is 1. The van der Waals surface area contributed by atoms with Crippen LogP contribution in [-0.4, -0.2) is 19.1 Å². The second-order valence-corrected chi connectivity index (χ2v) is 4.73. The highest BCUT2D eigenvalue weighted by Gasteiger charge is 2.07. The molecule has 2 rings (SSSR count). The fourth-order valence-corrected chi connectivity index (χ4v) is 1.99. The van der Waals surface area contributed by atoms with E-state index in [2.05, 4.69) is 17.0 Å². The Hall–Kier alpha value is -2.23. The zero-order valence-corrected chi connectivity index (χ0v) is 11.8. The number of carbonyl (C=O) groups excluding carboxylic acids is 1. The van der Waals surface area contributed by atoms with Gasteiger partial charge in [-0.25, -0.2) is 4.79 Å². The second kappa shape index (κ2) is 6.80. The number of ether oxygens (including phenoxy) is 1. The number of furan rings is 1. The summed E-state index contributed by atoms with van der Waals surface area (Å²) in [6, 6.07) is 11.5. The number of carbonyl (C=O) groups is 1. The van der Waals surface area contributed by atoms with Gasteiger partial charge in [-0.3, -0.25) is 0 Å². The van der Waals surface area contributed by atoms with Crippen molar-refractivity contribution in [3.05, 3.63) is 54.0 Å². The van der Waals surface area contributed by atoms with Crippen LogP contribution in [0.15, 0.2) is 47.1 Å². The van der Waals surface area contributed by atoms with Crippen molar-refractivity contribution in [2.75, 3.05) is 12.4 Å². The molecule has 0 aliphatic heterocycles. The molecule has 0 aliphatic carbocycles. The molecule has 0 spiro atoms. The number of aryl methyl sites for hydroxylation is 1. The summed E-state index contributed by atoms with van der Waals surface area (Å²) in [5.74, 6) is 0.683. The van der Waals surface area contributed by atoms with Crippen molar-refractivity contribution in [1.29, 1.82) is 0 Å². The minimum absolute atomic E-state index is 0.317. The third-order valence-corrected chi connectivity index (χ3v) is 3.12. The predicted molar refractivity (Wildman–Crippen MR) is 77.9 cm³/mol. The number of hydrogen-bond donors (Lipinski definition) is 1. The van der Waals surface area contributed by atoms with Crippen LogP contribution < -0.4 is 5.32 Å². The zero-order chi connectivity index (χ0) is 14.4. The Bertz CT molecular complexity index is 531. The first kappa shape index (κ1) is 14.2. The van der Waals surface area contributed by atoms with E-state index in [4.69, 9.17) is 4.42 Å². The summed E-state index contributed by atoms with van der Waals surface area (Å²) in [5, 5.41) is 3.39. The Morgan fingerprint density at radius 1 is 1.30 bits per heavy atom. The quantitative estimate of drug-likeness (QED) is 0.818. The first-order chi connectivity index (χ1) is 9.69. The van der Waals surface area contributed by atoms with E-state index in [1.54, 1.807) is 18.4 Å². The van der Waals surface area contributed by atoms with Gasteiger partial charge < -0.3 is 14.5 Å². The summed E-state index contributed by atoms with van der Waals surface area (Å²) < 4.78 is 9.98. The largest absolute Gasteiger partial charge is 0.469 e. The Morgan fingerprint density at radius 2 is 2.05 bits per heavy atom. The van der Waals surface area contributed by atoms with Crippen LogP contribution in [0.4, 0.5) is 5.69 Å². The van der Waals surface area contributed by atoms with Crippen LogP contribution in [-0.2, 0) is 11.2 Å². The lowest BCUT2D eigenvalue weighted by molar-refractivity contribution is 0.0601. The Morgan fingerprint density at radius 3 is 2.65 bits per heavy atom. The van der Waals surface area contributed by atoms with Crippen molar-refractivity contribution in [3.63, 3.8) is 0 Å². The molecule has 1 heterocycles. The van der Waals surface area contributed by atoms with Gasteiger partial charge in [0.15, 0.2) is 0 Å². The van der Waals surface area contributed by atoms with Crippen LogP contribution in [0.1, 0.15) is 29.5 Å². The minimum atomic E-state index is -0.317. The van der Waals surface area contributed by atoms with E-state index in [9.17, 15) is 4.79 Å². The molecule has 1 unspecified atom stereocenters. The predicted octanol–water partition coefficient (Wildman–Crippen LogP) is 3.50. The molecule has 0 radical (unpaired) electrons. The zero-order valence-electron chi connectivity index (χ0n) is 11.8. The molecule has 0 bridgehead atoms. The van der Waals surface area contributed by atoms with E-state index in [1.165, 1.54) is 7.11 Å². The van der Waals surface area contributed by atoms with Crippen LogP contribution in [0, 0.1) is 0 Å². The topological polar surface area (TPSA) is 51.5 Å². The molecule has 0 aliphatic rings. The van der Waals surface area contributed by atoms with Gasteiger partial charge in [0, 0.05) is 18.2 Å². The highest BCUT2D eigenvalue weighted by atomic mass is 16.5. The average molecular weight is 273 g/mol. The van der Waals surface area contributed by atoms with E-state index >= 15 is 0 Å². The molecule has 4 nitrogen and oxygen atoms in total. The molecule has 1 aromatic heterocycles. The van der Waals surface area contributed by atoms with E-state index < -0.39 is 0 Å². The van der Waals surface area contributed by atoms with E-state index in [-0.39, 0.29) is 5.97 Å². The van der Waals surface area contributed by atoms with Crippen molar-refractivity contribution in [2.45, 2.75) is 25.8 Å². The van der Waals surface area contributed by atoms with Crippen LogP contribution in [0.3, 0.4) is 0 Å². The second-order valence-electron chi connectivity index (χ2n) is 4.73. The highest BCUT2D eigenvalue weighted by molar-refractivity contribution is 5.89. The Kier molecular flexibility index (Phi) is 4.82. The number of hydrogen-bond acceptors (Lipinski definition) is 4. The van der Waals surface area contributed by atoms with Gasteiger partial charge in [0.05, 0.1) is 18.9 Å². The van der Waals surface area contributed by atoms with Gasteiger partial charge >= 0.3 is 5.97 Å². The summed E-state index contributed by atoms with van der Waals surface area (Å²) in [6.07, 6.45) is 3.58. The number of methoxy groups -OCH3 is 1.